The number of carbonyl (C=O) groups excluding carboxylic acids is 1. The molecule has 0 saturated carbocycles. The van der Waals surface area contributed by atoms with Gasteiger partial charge in [0.15, 0.2) is 5.78 Å². The number of nitrogens with one attached hydrogen (secondary N) is 1. The Morgan fingerprint density at radius 2 is 2.19 bits per heavy atom. The van der Waals surface area contributed by atoms with E-state index in [4.69, 9.17) is 4.74 Å². The summed E-state index contributed by atoms with van der Waals surface area (Å²) in [6.45, 7) is 4.87. The van der Waals surface area contributed by atoms with Crippen molar-refractivity contribution in [1.29, 1.82) is 0 Å². The van der Waals surface area contributed by atoms with E-state index in [-0.39, 0.29) is 5.78 Å². The molecular weight excluding hydrogens is 264 g/mol. The van der Waals surface area contributed by atoms with Crippen LogP contribution >= 0.6 is 0 Å². The third-order valence-electron chi connectivity index (χ3n) is 3.69. The maximum atomic E-state index is 11.4. The number of carbonyl (C=O) groups is 1. The van der Waals surface area contributed by atoms with Crippen LogP contribution in [0.4, 0.5) is 5.82 Å². The number of hydrogen-bond acceptors (Lipinski definition) is 4. The zero-order valence-corrected chi connectivity index (χ0v) is 12.3. The molecule has 1 aliphatic heterocycles. The summed E-state index contributed by atoms with van der Waals surface area (Å²) in [5.74, 6) is 1.80. The Morgan fingerprint density at radius 1 is 1.33 bits per heavy atom. The van der Waals surface area contributed by atoms with Crippen LogP contribution in [-0.4, -0.2) is 17.3 Å². The minimum atomic E-state index is 0.0745. The van der Waals surface area contributed by atoms with E-state index in [2.05, 4.69) is 16.4 Å². The van der Waals surface area contributed by atoms with Gasteiger partial charge >= 0.3 is 0 Å². The molecule has 3 rings (SSSR count). The first-order chi connectivity index (χ1) is 10.1. The Kier molecular flexibility index (Phi) is 3.60. The summed E-state index contributed by atoms with van der Waals surface area (Å²) < 4.78 is 5.77. The van der Waals surface area contributed by atoms with Gasteiger partial charge in [0.25, 0.3) is 0 Å². The van der Waals surface area contributed by atoms with E-state index >= 15 is 0 Å². The van der Waals surface area contributed by atoms with E-state index in [1.54, 1.807) is 6.92 Å². The van der Waals surface area contributed by atoms with Gasteiger partial charge in [-0.05, 0) is 55.7 Å². The minimum Gasteiger partial charge on any atom is -0.487 e. The maximum absolute atomic E-state index is 11.4. The molecule has 0 saturated heterocycles. The van der Waals surface area contributed by atoms with Crippen molar-refractivity contribution in [1.82, 2.24) is 4.98 Å². The number of rotatable bonds is 4. The fraction of sp³-hybridized carbons (Fsp3) is 0.294. The number of benzene rings is 1. The van der Waals surface area contributed by atoms with Gasteiger partial charge in [0.05, 0.1) is 5.69 Å². The Morgan fingerprint density at radius 3 is 2.95 bits per heavy atom. The van der Waals surface area contributed by atoms with Crippen LogP contribution in [0.1, 0.15) is 34.1 Å². The predicted molar refractivity (Wildman–Crippen MR) is 81.9 cm³/mol. The third kappa shape index (κ3) is 2.89. The molecule has 0 spiro atoms. The molecule has 108 valence electrons. The lowest BCUT2D eigenvalue weighted by molar-refractivity contribution is 0.101. The maximum Gasteiger partial charge on any atom is 0.160 e. The van der Waals surface area contributed by atoms with Crippen LogP contribution in [-0.2, 0) is 13.0 Å². The predicted octanol–water partition coefficient (Wildman–Crippen LogP) is 3.14. The first-order valence-corrected chi connectivity index (χ1v) is 7.10. The Balaban J connectivity index is 1.70. The summed E-state index contributed by atoms with van der Waals surface area (Å²) in [5.41, 5.74) is 3.84. The summed E-state index contributed by atoms with van der Waals surface area (Å²) in [4.78, 5) is 16.0. The lowest BCUT2D eigenvalue weighted by atomic mass is 10.1. The molecule has 4 heteroatoms. The molecule has 0 amide bonds. The average Bonchev–Trinajstić information content (AvgIpc) is 2.92. The monoisotopic (exact) mass is 282 g/mol. The number of anilines is 1. The summed E-state index contributed by atoms with van der Waals surface area (Å²) in [7, 11) is 0. The van der Waals surface area contributed by atoms with Gasteiger partial charge in [-0.25, -0.2) is 4.98 Å². The van der Waals surface area contributed by atoms with Crippen molar-refractivity contribution in [3.8, 4) is 5.75 Å². The van der Waals surface area contributed by atoms with Gasteiger partial charge in [0.1, 0.15) is 18.2 Å². The summed E-state index contributed by atoms with van der Waals surface area (Å²) in [6.07, 6.45) is 1.04. The highest BCUT2D eigenvalue weighted by molar-refractivity contribution is 5.95. The lowest BCUT2D eigenvalue weighted by Gasteiger charge is -2.09. The molecule has 0 bridgehead atoms. The zero-order chi connectivity index (χ0) is 14.8. The molecular formula is C17H18N2O2. The quantitative estimate of drug-likeness (QED) is 0.875. The molecule has 4 nitrogen and oxygen atoms in total. The number of aryl methyl sites for hydroxylation is 1. The second-order valence-electron chi connectivity index (χ2n) is 5.31. The van der Waals surface area contributed by atoms with E-state index in [0.717, 1.165) is 41.4 Å². The Labute approximate surface area is 124 Å². The Hall–Kier alpha value is -2.36. The van der Waals surface area contributed by atoms with Gasteiger partial charge in [-0.3, -0.25) is 4.79 Å². The topological polar surface area (TPSA) is 51.2 Å². The highest BCUT2D eigenvalue weighted by Crippen LogP contribution is 2.21. The van der Waals surface area contributed by atoms with Crippen molar-refractivity contribution in [3.63, 3.8) is 0 Å². The number of pyridine rings is 1. The minimum absolute atomic E-state index is 0.0745. The largest absolute Gasteiger partial charge is 0.487 e. The van der Waals surface area contributed by atoms with Crippen molar-refractivity contribution in [2.75, 3.05) is 11.9 Å². The molecule has 1 aromatic heterocycles. The van der Waals surface area contributed by atoms with Crippen molar-refractivity contribution in [3.05, 3.63) is 52.7 Å². The second-order valence-corrected chi connectivity index (χ2v) is 5.31. The first-order valence-electron chi connectivity index (χ1n) is 7.10. The number of hydrogen-bond donors (Lipinski definition) is 1. The molecule has 0 unspecified atom stereocenters. The van der Waals surface area contributed by atoms with Gasteiger partial charge in [0, 0.05) is 12.1 Å². The highest BCUT2D eigenvalue weighted by Gasteiger charge is 2.12. The van der Waals surface area contributed by atoms with E-state index < -0.39 is 0 Å². The summed E-state index contributed by atoms with van der Waals surface area (Å²) >= 11 is 0. The van der Waals surface area contributed by atoms with Gasteiger partial charge in [-0.15, -0.1) is 0 Å². The number of ketones is 1. The van der Waals surface area contributed by atoms with Crippen LogP contribution in [0.3, 0.4) is 0 Å². The third-order valence-corrected chi connectivity index (χ3v) is 3.69. The van der Waals surface area contributed by atoms with Crippen LogP contribution in [0.15, 0.2) is 30.3 Å². The van der Waals surface area contributed by atoms with Crippen LogP contribution in [0.2, 0.25) is 0 Å². The molecule has 1 aromatic carbocycles. The standard InChI is InChI=1S/C17H18N2O2/c1-11-9-15(5-6-16(11)12(2)20)21-10-14-4-3-13-7-8-18-17(13)19-14/h3-6,9H,7-8,10H2,1-2H3,(H,18,19). The highest BCUT2D eigenvalue weighted by atomic mass is 16.5. The van der Waals surface area contributed by atoms with E-state index in [1.165, 1.54) is 5.56 Å². The van der Waals surface area contributed by atoms with Crippen LogP contribution in [0, 0.1) is 6.92 Å². The first kappa shape index (κ1) is 13.6. The number of Topliss-reactive ketones (excluding diaryl/α,β-unsaturated/α-hetero) is 1. The van der Waals surface area contributed by atoms with Crippen molar-refractivity contribution in [2.45, 2.75) is 26.9 Å². The normalized spacial score (nSPS) is 12.7. The van der Waals surface area contributed by atoms with Crippen LogP contribution in [0.25, 0.3) is 0 Å². The lowest BCUT2D eigenvalue weighted by Crippen LogP contribution is -2.02. The fourth-order valence-corrected chi connectivity index (χ4v) is 2.56. The SMILES string of the molecule is CC(=O)c1ccc(OCc2ccc3c(n2)NCC3)cc1C. The van der Waals surface area contributed by atoms with Gasteiger partial charge in [-0.1, -0.05) is 6.07 Å². The molecule has 2 aromatic rings. The molecule has 2 heterocycles. The number of nitrogens with zero attached hydrogens (tertiary/aromatic N) is 1. The smallest absolute Gasteiger partial charge is 0.160 e. The van der Waals surface area contributed by atoms with Crippen molar-refractivity contribution < 1.29 is 9.53 Å². The number of fused-ring (bicyclic) bond motifs is 1. The molecule has 1 N–H and O–H groups in total. The van der Waals surface area contributed by atoms with Gasteiger partial charge < -0.3 is 10.1 Å². The number of aromatic nitrogens is 1. The summed E-state index contributed by atoms with van der Waals surface area (Å²) in [6, 6.07) is 9.64. The van der Waals surface area contributed by atoms with Crippen molar-refractivity contribution >= 4 is 11.6 Å². The average molecular weight is 282 g/mol. The number of ether oxygens (including phenoxy) is 1. The molecule has 0 atom stereocenters. The van der Waals surface area contributed by atoms with Crippen LogP contribution < -0.4 is 10.1 Å². The van der Waals surface area contributed by atoms with Crippen LogP contribution in [0.5, 0.6) is 5.75 Å². The van der Waals surface area contributed by atoms with Gasteiger partial charge in [-0.2, -0.15) is 0 Å². The fourth-order valence-electron chi connectivity index (χ4n) is 2.56. The van der Waals surface area contributed by atoms with Gasteiger partial charge in [0.2, 0.25) is 0 Å². The van der Waals surface area contributed by atoms with E-state index in [1.807, 2.05) is 31.2 Å². The van der Waals surface area contributed by atoms with Crippen molar-refractivity contribution in [2.24, 2.45) is 0 Å². The van der Waals surface area contributed by atoms with E-state index in [0.29, 0.717) is 6.61 Å². The second kappa shape index (κ2) is 5.56. The molecule has 0 radical (unpaired) electrons. The molecule has 1 aliphatic rings. The summed E-state index contributed by atoms with van der Waals surface area (Å²) in [5, 5.41) is 3.26. The zero-order valence-electron chi connectivity index (χ0n) is 12.3. The Bertz CT molecular complexity index is 695. The van der Waals surface area contributed by atoms with E-state index in [9.17, 15) is 4.79 Å². The molecule has 21 heavy (non-hydrogen) atoms. The molecule has 0 fully saturated rings. The molecule has 0 aliphatic carbocycles.